The van der Waals surface area contributed by atoms with E-state index in [2.05, 4.69) is 10.3 Å². The number of halogens is 2. The number of oxazole rings is 1. The largest absolute Gasteiger partial charge is 0.481 e. The zero-order chi connectivity index (χ0) is 16.6. The molecule has 0 unspecified atom stereocenters. The number of carboxylic acid groups (broad SMARTS) is 1. The summed E-state index contributed by atoms with van der Waals surface area (Å²) in [6.07, 6.45) is 1.96. The molecule has 2 aromatic rings. The molecule has 1 amide bonds. The van der Waals surface area contributed by atoms with E-state index in [0.717, 1.165) is 18.4 Å². The molecular formula is C15H12F2N2O4. The molecule has 1 saturated carbocycles. The molecule has 0 spiro atoms. The van der Waals surface area contributed by atoms with Crippen molar-refractivity contribution in [2.75, 3.05) is 6.54 Å². The first kappa shape index (κ1) is 15.1. The number of hydrogen-bond donors (Lipinski definition) is 2. The molecule has 0 aliphatic heterocycles. The molecule has 1 aliphatic carbocycles. The van der Waals surface area contributed by atoms with Crippen molar-refractivity contribution < 1.29 is 27.9 Å². The third-order valence-electron chi connectivity index (χ3n) is 3.81. The molecule has 0 bridgehead atoms. The first-order chi connectivity index (χ1) is 10.9. The minimum atomic E-state index is -0.966. The van der Waals surface area contributed by atoms with Crippen LogP contribution < -0.4 is 5.32 Å². The Balaban J connectivity index is 1.74. The molecule has 1 aromatic carbocycles. The summed E-state index contributed by atoms with van der Waals surface area (Å²) in [6, 6.07) is 3.30. The highest BCUT2D eigenvalue weighted by Gasteiger charge is 2.50. The van der Waals surface area contributed by atoms with Gasteiger partial charge in [0.15, 0.2) is 5.69 Å². The molecule has 0 radical (unpaired) electrons. The van der Waals surface area contributed by atoms with Crippen molar-refractivity contribution >= 4 is 11.9 Å². The molecule has 2 N–H and O–H groups in total. The van der Waals surface area contributed by atoms with Crippen molar-refractivity contribution in [3.63, 3.8) is 0 Å². The van der Waals surface area contributed by atoms with E-state index < -0.39 is 34.5 Å². The fraction of sp³-hybridized carbons (Fsp3) is 0.267. The standard InChI is InChI=1S/C15H12F2N2O4/c16-8-2-1-3-9(17)11(8)13-19-10(6-23-13)12(20)18-7-15(4-5-15)14(21)22/h1-3,6H,4-5,7H2,(H,18,20)(H,21,22). The summed E-state index contributed by atoms with van der Waals surface area (Å²) in [5.41, 5.74) is -1.56. The maximum absolute atomic E-state index is 13.6. The fourth-order valence-electron chi connectivity index (χ4n) is 2.15. The molecule has 8 heteroatoms. The molecule has 1 aliphatic rings. The molecule has 0 saturated heterocycles. The molecule has 3 rings (SSSR count). The van der Waals surface area contributed by atoms with Gasteiger partial charge in [-0.1, -0.05) is 6.07 Å². The van der Waals surface area contributed by atoms with E-state index >= 15 is 0 Å². The van der Waals surface area contributed by atoms with Gasteiger partial charge in [0, 0.05) is 6.54 Å². The van der Waals surface area contributed by atoms with Crippen LogP contribution in [0.3, 0.4) is 0 Å². The highest BCUT2D eigenvalue weighted by atomic mass is 19.1. The maximum Gasteiger partial charge on any atom is 0.311 e. The van der Waals surface area contributed by atoms with Crippen LogP contribution in [0.5, 0.6) is 0 Å². The van der Waals surface area contributed by atoms with Crippen molar-refractivity contribution in [3.8, 4) is 11.5 Å². The van der Waals surface area contributed by atoms with Crippen LogP contribution in [0.1, 0.15) is 23.3 Å². The highest BCUT2D eigenvalue weighted by molar-refractivity contribution is 5.93. The second-order valence-corrected chi connectivity index (χ2v) is 5.40. The quantitative estimate of drug-likeness (QED) is 0.880. The number of nitrogens with zero attached hydrogens (tertiary/aromatic N) is 1. The average molecular weight is 322 g/mol. The second kappa shape index (κ2) is 5.45. The summed E-state index contributed by atoms with van der Waals surface area (Å²) < 4.78 is 32.2. The van der Waals surface area contributed by atoms with E-state index in [1.54, 1.807) is 0 Å². The number of carbonyl (C=O) groups is 2. The summed E-state index contributed by atoms with van der Waals surface area (Å²) in [5, 5.41) is 11.5. The maximum atomic E-state index is 13.6. The van der Waals surface area contributed by atoms with Crippen LogP contribution >= 0.6 is 0 Å². The van der Waals surface area contributed by atoms with Crippen LogP contribution in [0, 0.1) is 17.0 Å². The zero-order valence-electron chi connectivity index (χ0n) is 11.8. The number of rotatable bonds is 5. The summed E-state index contributed by atoms with van der Waals surface area (Å²) >= 11 is 0. The Hall–Kier alpha value is -2.77. The highest BCUT2D eigenvalue weighted by Crippen LogP contribution is 2.45. The van der Waals surface area contributed by atoms with Gasteiger partial charge in [-0.3, -0.25) is 9.59 Å². The summed E-state index contributed by atoms with van der Waals surface area (Å²) in [6.45, 7) is -0.0303. The molecule has 120 valence electrons. The van der Waals surface area contributed by atoms with Crippen LogP contribution in [0.15, 0.2) is 28.9 Å². The summed E-state index contributed by atoms with van der Waals surface area (Å²) in [7, 11) is 0. The summed E-state index contributed by atoms with van der Waals surface area (Å²) in [5.74, 6) is -3.70. The average Bonchev–Trinajstić information content (AvgIpc) is 3.15. The van der Waals surface area contributed by atoms with E-state index in [-0.39, 0.29) is 18.1 Å². The normalized spacial score (nSPS) is 15.2. The van der Waals surface area contributed by atoms with Crippen LogP contribution in [-0.2, 0) is 4.79 Å². The minimum absolute atomic E-state index is 0.0303. The van der Waals surface area contributed by atoms with E-state index in [0.29, 0.717) is 12.8 Å². The Morgan fingerprint density at radius 3 is 2.52 bits per heavy atom. The smallest absolute Gasteiger partial charge is 0.311 e. The number of benzene rings is 1. The Bertz CT molecular complexity index is 763. The zero-order valence-corrected chi connectivity index (χ0v) is 11.8. The van der Waals surface area contributed by atoms with Gasteiger partial charge in [-0.25, -0.2) is 13.8 Å². The van der Waals surface area contributed by atoms with E-state index in [4.69, 9.17) is 9.52 Å². The first-order valence-corrected chi connectivity index (χ1v) is 6.84. The van der Waals surface area contributed by atoms with Crippen molar-refractivity contribution in [1.82, 2.24) is 10.3 Å². The van der Waals surface area contributed by atoms with Crippen LogP contribution in [0.4, 0.5) is 8.78 Å². The number of amides is 1. The molecule has 23 heavy (non-hydrogen) atoms. The molecule has 1 heterocycles. The lowest BCUT2D eigenvalue weighted by molar-refractivity contribution is -0.143. The fourth-order valence-corrected chi connectivity index (χ4v) is 2.15. The van der Waals surface area contributed by atoms with Gasteiger partial charge >= 0.3 is 5.97 Å². The van der Waals surface area contributed by atoms with E-state index in [1.807, 2.05) is 0 Å². The molecule has 1 fully saturated rings. The van der Waals surface area contributed by atoms with Gasteiger partial charge in [0.2, 0.25) is 5.89 Å². The molecule has 6 nitrogen and oxygen atoms in total. The molecule has 0 atom stereocenters. The minimum Gasteiger partial charge on any atom is -0.481 e. The third kappa shape index (κ3) is 2.79. The van der Waals surface area contributed by atoms with Crippen LogP contribution in [0.25, 0.3) is 11.5 Å². The lowest BCUT2D eigenvalue weighted by Gasteiger charge is -2.09. The van der Waals surface area contributed by atoms with Gasteiger partial charge in [0.1, 0.15) is 23.5 Å². The van der Waals surface area contributed by atoms with Crippen LogP contribution in [0.2, 0.25) is 0 Å². The first-order valence-electron chi connectivity index (χ1n) is 6.84. The second-order valence-electron chi connectivity index (χ2n) is 5.40. The van der Waals surface area contributed by atoms with Crippen molar-refractivity contribution in [2.24, 2.45) is 5.41 Å². The van der Waals surface area contributed by atoms with Crippen molar-refractivity contribution in [1.29, 1.82) is 0 Å². The lowest BCUT2D eigenvalue weighted by Crippen LogP contribution is -2.34. The van der Waals surface area contributed by atoms with Crippen LogP contribution in [-0.4, -0.2) is 28.5 Å². The van der Waals surface area contributed by atoms with Gasteiger partial charge in [0.05, 0.1) is 5.41 Å². The van der Waals surface area contributed by atoms with Gasteiger partial charge < -0.3 is 14.8 Å². The Morgan fingerprint density at radius 1 is 1.30 bits per heavy atom. The molecule has 1 aromatic heterocycles. The Morgan fingerprint density at radius 2 is 1.96 bits per heavy atom. The van der Waals surface area contributed by atoms with Gasteiger partial charge in [-0.15, -0.1) is 0 Å². The summed E-state index contributed by atoms with van der Waals surface area (Å²) in [4.78, 5) is 26.7. The number of aromatic nitrogens is 1. The Labute approximate surface area is 129 Å². The predicted octanol–water partition coefficient (Wildman–Crippen LogP) is 2.21. The van der Waals surface area contributed by atoms with E-state index in [9.17, 15) is 18.4 Å². The third-order valence-corrected chi connectivity index (χ3v) is 3.81. The van der Waals surface area contributed by atoms with Gasteiger partial charge in [0.25, 0.3) is 5.91 Å². The Kier molecular flexibility index (Phi) is 3.59. The van der Waals surface area contributed by atoms with Crippen molar-refractivity contribution in [2.45, 2.75) is 12.8 Å². The van der Waals surface area contributed by atoms with Gasteiger partial charge in [-0.2, -0.15) is 0 Å². The number of carbonyl (C=O) groups excluding carboxylic acids is 1. The topological polar surface area (TPSA) is 92.4 Å². The number of nitrogens with one attached hydrogen (secondary N) is 1. The number of carboxylic acids is 1. The number of aliphatic carboxylic acids is 1. The predicted molar refractivity (Wildman–Crippen MR) is 73.5 cm³/mol. The SMILES string of the molecule is O=C(NCC1(C(=O)O)CC1)c1coc(-c2c(F)cccc2F)n1. The van der Waals surface area contributed by atoms with E-state index in [1.165, 1.54) is 6.07 Å². The molecular weight excluding hydrogens is 310 g/mol. The van der Waals surface area contributed by atoms with Crippen molar-refractivity contribution in [3.05, 3.63) is 41.8 Å². The number of hydrogen-bond acceptors (Lipinski definition) is 4. The lowest BCUT2D eigenvalue weighted by atomic mass is 10.1. The monoisotopic (exact) mass is 322 g/mol. The van der Waals surface area contributed by atoms with Gasteiger partial charge in [-0.05, 0) is 25.0 Å².